The number of aliphatic hydroxyl groups is 4. The van der Waals surface area contributed by atoms with Gasteiger partial charge in [0.05, 0.1) is 6.61 Å². The van der Waals surface area contributed by atoms with Gasteiger partial charge in [-0.1, -0.05) is 19.3 Å². The Labute approximate surface area is 124 Å². The highest BCUT2D eigenvalue weighted by Gasteiger charge is 2.43. The van der Waals surface area contributed by atoms with Crippen LogP contribution in [0, 0.1) is 0 Å². The molecule has 0 aromatic heterocycles. The van der Waals surface area contributed by atoms with Crippen LogP contribution < -0.4 is 5.73 Å². The molecular weight excluding hydrogens is 282 g/mol. The molecule has 6 nitrogen and oxygen atoms in total. The highest BCUT2D eigenvalue weighted by atomic mass is 32.2. The quantitative estimate of drug-likeness (QED) is 0.362. The molecule has 7 heteroatoms. The van der Waals surface area contributed by atoms with Crippen LogP contribution in [0.25, 0.3) is 0 Å². The van der Waals surface area contributed by atoms with Crippen molar-refractivity contribution in [3.05, 3.63) is 0 Å². The first-order valence-corrected chi connectivity index (χ1v) is 8.29. The monoisotopic (exact) mass is 309 g/mol. The minimum atomic E-state index is -1.28. The van der Waals surface area contributed by atoms with Gasteiger partial charge in [0.2, 0.25) is 0 Å². The Morgan fingerprint density at radius 2 is 1.55 bits per heavy atom. The number of rotatable bonds is 9. The fourth-order valence-corrected chi connectivity index (χ4v) is 3.36. The zero-order valence-electron chi connectivity index (χ0n) is 11.7. The van der Waals surface area contributed by atoms with Gasteiger partial charge in [-0.05, 0) is 25.1 Å². The van der Waals surface area contributed by atoms with E-state index in [2.05, 4.69) is 0 Å². The summed E-state index contributed by atoms with van der Waals surface area (Å²) in [7, 11) is 0. The number of hydrogen-bond donors (Lipinski definition) is 5. The van der Waals surface area contributed by atoms with E-state index >= 15 is 0 Å². The normalized spacial score (nSPS) is 34.4. The molecule has 1 fully saturated rings. The van der Waals surface area contributed by atoms with Crippen LogP contribution in [0.1, 0.15) is 32.1 Å². The minimum Gasteiger partial charge on any atom is -0.394 e. The van der Waals surface area contributed by atoms with Gasteiger partial charge in [0.25, 0.3) is 0 Å². The Bertz CT molecular complexity index is 257. The molecule has 0 amide bonds. The average molecular weight is 309 g/mol. The number of unbranched alkanes of at least 4 members (excludes halogenated alkanes) is 4. The zero-order chi connectivity index (χ0) is 15.0. The van der Waals surface area contributed by atoms with Crippen molar-refractivity contribution >= 4 is 11.8 Å². The Morgan fingerprint density at radius 3 is 2.20 bits per heavy atom. The summed E-state index contributed by atoms with van der Waals surface area (Å²) in [5, 5.41) is 38.2. The third-order valence-corrected chi connectivity index (χ3v) is 4.72. The van der Waals surface area contributed by atoms with E-state index in [-0.39, 0.29) is 6.61 Å². The molecule has 120 valence electrons. The van der Waals surface area contributed by atoms with Crippen molar-refractivity contribution in [3.63, 3.8) is 0 Å². The van der Waals surface area contributed by atoms with E-state index in [1.165, 1.54) is 11.8 Å². The summed E-state index contributed by atoms with van der Waals surface area (Å²) in [6, 6.07) is 0. The zero-order valence-corrected chi connectivity index (χ0v) is 12.5. The molecule has 1 heterocycles. The fraction of sp³-hybridized carbons (Fsp3) is 1.00. The van der Waals surface area contributed by atoms with Crippen molar-refractivity contribution in [2.75, 3.05) is 18.9 Å². The minimum absolute atomic E-state index is 0.374. The third-order valence-electron chi connectivity index (χ3n) is 3.48. The molecule has 1 saturated heterocycles. The second kappa shape index (κ2) is 9.94. The molecule has 0 bridgehead atoms. The van der Waals surface area contributed by atoms with Gasteiger partial charge in [0, 0.05) is 0 Å². The van der Waals surface area contributed by atoms with Gasteiger partial charge < -0.3 is 30.9 Å². The van der Waals surface area contributed by atoms with Crippen molar-refractivity contribution in [1.29, 1.82) is 0 Å². The summed E-state index contributed by atoms with van der Waals surface area (Å²) in [6.45, 7) is 0.362. The van der Waals surface area contributed by atoms with Gasteiger partial charge in [0.15, 0.2) is 0 Å². The van der Waals surface area contributed by atoms with Gasteiger partial charge in [-0.2, -0.15) is 0 Å². The molecule has 0 saturated carbocycles. The second-order valence-electron chi connectivity index (χ2n) is 5.12. The fourth-order valence-electron chi connectivity index (χ4n) is 2.18. The highest BCUT2D eigenvalue weighted by Crippen LogP contribution is 2.29. The maximum Gasteiger partial charge on any atom is 0.132 e. The van der Waals surface area contributed by atoms with Crippen LogP contribution in [0.3, 0.4) is 0 Å². The van der Waals surface area contributed by atoms with E-state index in [4.69, 9.17) is 15.6 Å². The number of nitrogens with two attached hydrogens (primary N) is 1. The Hall–Kier alpha value is 0.110. The predicted octanol–water partition coefficient (Wildman–Crippen LogP) is -0.571. The van der Waals surface area contributed by atoms with E-state index in [1.54, 1.807) is 0 Å². The number of aliphatic hydroxyl groups excluding tert-OH is 4. The molecule has 6 N–H and O–H groups in total. The van der Waals surface area contributed by atoms with Crippen molar-refractivity contribution in [1.82, 2.24) is 0 Å². The van der Waals surface area contributed by atoms with E-state index in [0.29, 0.717) is 0 Å². The smallest absolute Gasteiger partial charge is 0.132 e. The molecule has 20 heavy (non-hydrogen) atoms. The first kappa shape index (κ1) is 18.2. The van der Waals surface area contributed by atoms with Crippen LogP contribution in [-0.4, -0.2) is 69.2 Å². The van der Waals surface area contributed by atoms with Crippen molar-refractivity contribution in [2.24, 2.45) is 5.73 Å². The molecule has 0 aromatic carbocycles. The molecule has 0 spiro atoms. The summed E-state index contributed by atoms with van der Waals surface area (Å²) in [5.41, 5.74) is 4.82. The molecule has 5 atom stereocenters. The summed E-state index contributed by atoms with van der Waals surface area (Å²) in [5.74, 6) is 0.811. The molecule has 0 aliphatic carbocycles. The first-order valence-electron chi connectivity index (χ1n) is 7.24. The lowest BCUT2D eigenvalue weighted by molar-refractivity contribution is -0.205. The van der Waals surface area contributed by atoms with Crippen molar-refractivity contribution in [3.8, 4) is 0 Å². The van der Waals surface area contributed by atoms with E-state index in [1.807, 2.05) is 0 Å². The van der Waals surface area contributed by atoms with E-state index < -0.39 is 29.9 Å². The van der Waals surface area contributed by atoms with Gasteiger partial charge in [-0.15, -0.1) is 11.8 Å². The number of thioether (sulfide) groups is 1. The SMILES string of the molecule is NCCCCCCCS[C@@H]1O[C@H](CO)[C@@H](O)[C@H](O)[C@@H]1O. The third kappa shape index (κ3) is 5.48. The average Bonchev–Trinajstić information content (AvgIpc) is 2.46. The van der Waals surface area contributed by atoms with Crippen LogP contribution in [0.5, 0.6) is 0 Å². The van der Waals surface area contributed by atoms with Gasteiger partial charge >= 0.3 is 0 Å². The van der Waals surface area contributed by atoms with Gasteiger partial charge in [-0.25, -0.2) is 0 Å². The van der Waals surface area contributed by atoms with Crippen LogP contribution in [0.15, 0.2) is 0 Å². The summed E-state index contributed by atoms with van der Waals surface area (Å²) >= 11 is 1.42. The summed E-state index contributed by atoms with van der Waals surface area (Å²) in [6.07, 6.45) is 0.957. The van der Waals surface area contributed by atoms with Crippen molar-refractivity contribution < 1.29 is 25.2 Å². The van der Waals surface area contributed by atoms with Gasteiger partial charge in [-0.3, -0.25) is 0 Å². The molecule has 0 unspecified atom stereocenters. The molecule has 1 rings (SSSR count). The Balaban J connectivity index is 2.21. The largest absolute Gasteiger partial charge is 0.394 e. The summed E-state index contributed by atoms with van der Waals surface area (Å²) in [4.78, 5) is 0. The van der Waals surface area contributed by atoms with E-state index in [0.717, 1.165) is 44.4 Å². The lowest BCUT2D eigenvalue weighted by Crippen LogP contribution is -2.57. The topological polar surface area (TPSA) is 116 Å². The molecule has 0 radical (unpaired) electrons. The van der Waals surface area contributed by atoms with E-state index in [9.17, 15) is 15.3 Å². The Morgan fingerprint density at radius 1 is 0.900 bits per heavy atom. The molecule has 0 aromatic rings. The number of ether oxygens (including phenoxy) is 1. The maximum atomic E-state index is 9.84. The van der Waals surface area contributed by atoms with Crippen LogP contribution in [0.2, 0.25) is 0 Å². The maximum absolute atomic E-state index is 9.84. The lowest BCUT2D eigenvalue weighted by atomic mass is 10.0. The highest BCUT2D eigenvalue weighted by molar-refractivity contribution is 7.99. The lowest BCUT2D eigenvalue weighted by Gasteiger charge is -2.39. The van der Waals surface area contributed by atoms with Crippen LogP contribution in [0.4, 0.5) is 0 Å². The standard InChI is InChI=1S/C13H27NO5S/c14-6-4-2-1-3-5-7-20-13-12(18)11(17)10(16)9(8-15)19-13/h9-13,15-18H,1-8,14H2/t9-,10-,11+,12+,13+/m1/s1. The first-order chi connectivity index (χ1) is 9.61. The summed E-state index contributed by atoms with van der Waals surface area (Å²) < 4.78 is 5.41. The van der Waals surface area contributed by atoms with Crippen LogP contribution in [-0.2, 0) is 4.74 Å². The van der Waals surface area contributed by atoms with Gasteiger partial charge in [0.1, 0.15) is 29.9 Å². The predicted molar refractivity (Wildman–Crippen MR) is 78.4 cm³/mol. The number of hydrogen-bond acceptors (Lipinski definition) is 7. The molecule has 1 aliphatic rings. The molecular formula is C13H27NO5S. The van der Waals surface area contributed by atoms with Crippen molar-refractivity contribution in [2.45, 2.75) is 62.0 Å². The second-order valence-corrected chi connectivity index (χ2v) is 6.33. The van der Waals surface area contributed by atoms with Crippen LogP contribution >= 0.6 is 11.8 Å². The Kier molecular flexibility index (Phi) is 9.03. The molecule has 1 aliphatic heterocycles.